The normalized spacial score (nSPS) is 14.2. The lowest BCUT2D eigenvalue weighted by molar-refractivity contribution is 0.606. The number of hydrogen-bond donors (Lipinski definition) is 0. The molecule has 1 saturated carbocycles. The van der Waals surface area contributed by atoms with Gasteiger partial charge >= 0.3 is 0 Å². The lowest BCUT2D eigenvalue weighted by Gasteiger charge is -2.07. The zero-order valence-corrected chi connectivity index (χ0v) is 14.4. The van der Waals surface area contributed by atoms with Crippen molar-refractivity contribution in [2.75, 3.05) is 0 Å². The van der Waals surface area contributed by atoms with Crippen LogP contribution in [0.5, 0.6) is 0 Å². The molecule has 0 bridgehead atoms. The zero-order chi connectivity index (χ0) is 16.5. The van der Waals surface area contributed by atoms with Crippen molar-refractivity contribution in [1.29, 1.82) is 0 Å². The molecule has 1 aliphatic carbocycles. The molecule has 124 valence electrons. The molecule has 3 aromatic rings. The highest BCUT2D eigenvalue weighted by Crippen LogP contribution is 2.38. The van der Waals surface area contributed by atoms with E-state index in [1.165, 1.54) is 12.8 Å². The second kappa shape index (κ2) is 6.40. The first-order chi connectivity index (χ1) is 11.7. The van der Waals surface area contributed by atoms with Crippen LogP contribution >= 0.6 is 11.6 Å². The maximum atomic E-state index is 6.01. The Bertz CT molecular complexity index is 829. The highest BCUT2D eigenvalue weighted by Gasteiger charge is 2.29. The highest BCUT2D eigenvalue weighted by molar-refractivity contribution is 6.30. The molecule has 0 atom stereocenters. The molecular weight excluding hydrogens is 322 g/mol. The van der Waals surface area contributed by atoms with Crippen molar-refractivity contribution in [3.63, 3.8) is 0 Å². The molecule has 5 nitrogen and oxygen atoms in total. The Hall–Kier alpha value is -2.14. The van der Waals surface area contributed by atoms with Gasteiger partial charge in [-0.1, -0.05) is 11.6 Å². The minimum absolute atomic E-state index is 0.549. The molecule has 0 radical (unpaired) electrons. The van der Waals surface area contributed by atoms with Gasteiger partial charge in [-0.15, -0.1) is 0 Å². The largest absolute Gasteiger partial charge is 0.335 e. The van der Waals surface area contributed by atoms with Gasteiger partial charge in [0.1, 0.15) is 11.6 Å². The van der Waals surface area contributed by atoms with Crippen LogP contribution in [-0.2, 0) is 13.0 Å². The van der Waals surface area contributed by atoms with E-state index in [9.17, 15) is 0 Å². The highest BCUT2D eigenvalue weighted by atomic mass is 35.5. The number of hydrogen-bond acceptors (Lipinski definition) is 3. The fourth-order valence-electron chi connectivity index (χ4n) is 2.88. The van der Waals surface area contributed by atoms with Crippen LogP contribution in [0, 0.1) is 6.92 Å². The van der Waals surface area contributed by atoms with Crippen molar-refractivity contribution in [1.82, 2.24) is 24.3 Å². The van der Waals surface area contributed by atoms with E-state index in [0.29, 0.717) is 5.92 Å². The fraction of sp³-hybridized carbons (Fsp3) is 0.389. The van der Waals surface area contributed by atoms with Crippen LogP contribution in [0.3, 0.4) is 0 Å². The first-order valence-electron chi connectivity index (χ1n) is 8.40. The summed E-state index contributed by atoms with van der Waals surface area (Å²) >= 11 is 6.01. The van der Waals surface area contributed by atoms with E-state index in [4.69, 9.17) is 21.7 Å². The SMILES string of the molecule is Cc1nccn1CCCc1nc(C2CC2)nn1-c1ccc(Cl)cc1. The Kier molecular flexibility index (Phi) is 4.10. The van der Waals surface area contributed by atoms with E-state index < -0.39 is 0 Å². The zero-order valence-electron chi connectivity index (χ0n) is 13.7. The van der Waals surface area contributed by atoms with Crippen molar-refractivity contribution in [3.8, 4) is 5.69 Å². The average Bonchev–Trinajstić information content (AvgIpc) is 3.23. The molecule has 0 saturated heterocycles. The van der Waals surface area contributed by atoms with Crippen LogP contribution in [0.15, 0.2) is 36.7 Å². The Morgan fingerprint density at radius 3 is 2.67 bits per heavy atom. The van der Waals surface area contributed by atoms with Gasteiger partial charge in [-0.3, -0.25) is 0 Å². The van der Waals surface area contributed by atoms with E-state index in [2.05, 4.69) is 9.55 Å². The van der Waals surface area contributed by atoms with Crippen molar-refractivity contribution >= 4 is 11.6 Å². The van der Waals surface area contributed by atoms with Gasteiger partial charge in [-0.25, -0.2) is 14.6 Å². The molecule has 6 heteroatoms. The number of halogens is 1. The third kappa shape index (κ3) is 3.22. The second-order valence-electron chi connectivity index (χ2n) is 6.32. The molecule has 0 unspecified atom stereocenters. The van der Waals surface area contributed by atoms with E-state index in [1.54, 1.807) is 0 Å². The summed E-state index contributed by atoms with van der Waals surface area (Å²) in [6.07, 6.45) is 8.18. The van der Waals surface area contributed by atoms with Crippen LogP contribution < -0.4 is 0 Å². The summed E-state index contributed by atoms with van der Waals surface area (Å²) in [7, 11) is 0. The second-order valence-corrected chi connectivity index (χ2v) is 6.76. The van der Waals surface area contributed by atoms with Crippen LogP contribution in [-0.4, -0.2) is 24.3 Å². The van der Waals surface area contributed by atoms with Crippen LogP contribution in [0.4, 0.5) is 0 Å². The first kappa shape index (κ1) is 15.4. The van der Waals surface area contributed by atoms with Crippen molar-refractivity contribution in [3.05, 3.63) is 59.2 Å². The summed E-state index contributed by atoms with van der Waals surface area (Å²) in [5.74, 6) is 3.61. The van der Waals surface area contributed by atoms with Gasteiger partial charge in [0.15, 0.2) is 5.82 Å². The number of rotatable bonds is 6. The first-order valence-corrected chi connectivity index (χ1v) is 8.78. The molecule has 1 aromatic carbocycles. The maximum Gasteiger partial charge on any atom is 0.154 e. The number of aromatic nitrogens is 5. The Morgan fingerprint density at radius 2 is 2.00 bits per heavy atom. The van der Waals surface area contributed by atoms with E-state index in [0.717, 1.165) is 47.6 Å². The summed E-state index contributed by atoms with van der Waals surface area (Å²) in [6.45, 7) is 2.97. The predicted molar refractivity (Wildman–Crippen MR) is 93.6 cm³/mol. The summed E-state index contributed by atoms with van der Waals surface area (Å²) < 4.78 is 4.15. The molecule has 0 N–H and O–H groups in total. The molecular formula is C18H20ClN5. The van der Waals surface area contributed by atoms with Gasteiger partial charge in [0, 0.05) is 36.3 Å². The quantitative estimate of drug-likeness (QED) is 0.682. The van der Waals surface area contributed by atoms with Crippen molar-refractivity contribution < 1.29 is 0 Å². The maximum absolute atomic E-state index is 6.01. The fourth-order valence-corrected chi connectivity index (χ4v) is 3.00. The van der Waals surface area contributed by atoms with Gasteiger partial charge in [0.2, 0.25) is 0 Å². The number of benzene rings is 1. The summed E-state index contributed by atoms with van der Waals surface area (Å²) in [5.41, 5.74) is 1.02. The minimum atomic E-state index is 0.549. The number of aryl methyl sites for hydroxylation is 3. The van der Waals surface area contributed by atoms with Crippen LogP contribution in [0.2, 0.25) is 5.02 Å². The molecule has 1 fully saturated rings. The minimum Gasteiger partial charge on any atom is -0.335 e. The number of imidazole rings is 1. The summed E-state index contributed by atoms with van der Waals surface area (Å²) in [5, 5.41) is 5.48. The average molecular weight is 342 g/mol. The van der Waals surface area contributed by atoms with Gasteiger partial charge in [-0.05, 0) is 50.5 Å². The number of nitrogens with zero attached hydrogens (tertiary/aromatic N) is 5. The molecule has 0 spiro atoms. The van der Waals surface area contributed by atoms with E-state index >= 15 is 0 Å². The smallest absolute Gasteiger partial charge is 0.154 e. The molecule has 0 amide bonds. The molecule has 2 heterocycles. The molecule has 1 aliphatic rings. The van der Waals surface area contributed by atoms with E-state index in [1.807, 2.05) is 48.3 Å². The van der Waals surface area contributed by atoms with E-state index in [-0.39, 0.29) is 0 Å². The van der Waals surface area contributed by atoms with Gasteiger partial charge < -0.3 is 4.57 Å². The van der Waals surface area contributed by atoms with Crippen molar-refractivity contribution in [2.45, 2.75) is 45.1 Å². The predicted octanol–water partition coefficient (Wildman–Crippen LogP) is 3.94. The lowest BCUT2D eigenvalue weighted by Crippen LogP contribution is -2.06. The Labute approximate surface area is 146 Å². The molecule has 24 heavy (non-hydrogen) atoms. The Balaban J connectivity index is 1.54. The Morgan fingerprint density at radius 1 is 1.21 bits per heavy atom. The third-order valence-corrected chi connectivity index (χ3v) is 4.68. The molecule has 4 rings (SSSR count). The van der Waals surface area contributed by atoms with Crippen molar-refractivity contribution in [2.24, 2.45) is 0 Å². The van der Waals surface area contributed by atoms with Crippen LogP contribution in [0.1, 0.15) is 42.7 Å². The topological polar surface area (TPSA) is 48.5 Å². The van der Waals surface area contributed by atoms with Gasteiger partial charge in [0.05, 0.1) is 5.69 Å². The lowest BCUT2D eigenvalue weighted by atomic mass is 10.2. The standard InChI is InChI=1S/C18H20ClN5/c1-13-20-10-12-23(13)11-2-3-17-21-18(14-4-5-14)22-24(17)16-8-6-15(19)7-9-16/h6-10,12,14H,2-5,11H2,1H3. The monoisotopic (exact) mass is 341 g/mol. The summed E-state index contributed by atoms with van der Waals surface area (Å²) in [6, 6.07) is 7.79. The molecule has 0 aliphatic heterocycles. The third-order valence-electron chi connectivity index (χ3n) is 4.43. The summed E-state index contributed by atoms with van der Waals surface area (Å²) in [4.78, 5) is 9.07. The molecule has 2 aromatic heterocycles. The van der Waals surface area contributed by atoms with Crippen LogP contribution in [0.25, 0.3) is 5.69 Å². The van der Waals surface area contributed by atoms with Gasteiger partial charge in [0.25, 0.3) is 0 Å². The van der Waals surface area contributed by atoms with Gasteiger partial charge in [-0.2, -0.15) is 5.10 Å².